The van der Waals surface area contributed by atoms with Gasteiger partial charge in [-0.05, 0) is 29.8 Å². The van der Waals surface area contributed by atoms with Crippen molar-refractivity contribution in [2.45, 2.75) is 13.0 Å². The van der Waals surface area contributed by atoms with Gasteiger partial charge in [-0.2, -0.15) is 0 Å². The molecule has 134 valence electrons. The van der Waals surface area contributed by atoms with Crippen LogP contribution in [-0.4, -0.2) is 35.7 Å². The predicted octanol–water partition coefficient (Wildman–Crippen LogP) is 2.60. The lowest BCUT2D eigenvalue weighted by Crippen LogP contribution is -2.27. The maximum absolute atomic E-state index is 12.9. The Balaban J connectivity index is 1.51. The molecule has 0 N–H and O–H groups in total. The van der Waals surface area contributed by atoms with Crippen LogP contribution in [0.15, 0.2) is 54.6 Å². The average molecular weight is 355 g/mol. The summed E-state index contributed by atoms with van der Waals surface area (Å²) in [4.78, 5) is 37.8. The van der Waals surface area contributed by atoms with Gasteiger partial charge in [-0.3, -0.25) is 14.4 Å². The van der Waals surface area contributed by atoms with E-state index in [1.165, 1.54) is 24.3 Å². The molecular weight excluding hydrogens is 337 g/mol. The molecule has 2 aromatic rings. The van der Waals surface area contributed by atoms with Crippen LogP contribution in [0.5, 0.6) is 0 Å². The number of benzene rings is 2. The Morgan fingerprint density at radius 2 is 1.77 bits per heavy atom. The Hall–Kier alpha value is -3.02. The summed E-state index contributed by atoms with van der Waals surface area (Å²) >= 11 is 0. The van der Waals surface area contributed by atoms with Gasteiger partial charge >= 0.3 is 5.97 Å². The van der Waals surface area contributed by atoms with Crippen LogP contribution in [0, 0.1) is 11.7 Å². The van der Waals surface area contributed by atoms with E-state index in [0.29, 0.717) is 6.54 Å². The Labute approximate surface area is 150 Å². The molecule has 6 heteroatoms. The highest BCUT2D eigenvalue weighted by Gasteiger charge is 2.35. The van der Waals surface area contributed by atoms with Gasteiger partial charge in [0.2, 0.25) is 5.91 Å². The molecular formula is C20H18FNO4. The molecule has 1 aliphatic heterocycles. The third kappa shape index (κ3) is 4.33. The standard InChI is InChI=1S/C20H18FNO4/c21-17-8-6-15(7-9-17)18(23)13-26-20(25)16-10-19(24)22(12-16)11-14-4-2-1-3-5-14/h1-9,16H,10-13H2/t16-/m1/s1. The van der Waals surface area contributed by atoms with Crippen molar-refractivity contribution in [2.75, 3.05) is 13.2 Å². The maximum Gasteiger partial charge on any atom is 0.311 e. The molecule has 1 saturated heterocycles. The average Bonchev–Trinajstić information content (AvgIpc) is 3.01. The largest absolute Gasteiger partial charge is 0.457 e. The van der Waals surface area contributed by atoms with E-state index in [1.807, 2.05) is 30.3 Å². The highest BCUT2D eigenvalue weighted by atomic mass is 19.1. The molecule has 0 unspecified atom stereocenters. The quantitative estimate of drug-likeness (QED) is 0.590. The van der Waals surface area contributed by atoms with Crippen LogP contribution in [0.2, 0.25) is 0 Å². The molecule has 0 radical (unpaired) electrons. The topological polar surface area (TPSA) is 63.7 Å². The van der Waals surface area contributed by atoms with Crippen LogP contribution in [0.3, 0.4) is 0 Å². The van der Waals surface area contributed by atoms with Crippen molar-refractivity contribution in [1.82, 2.24) is 4.90 Å². The third-order valence-corrected chi connectivity index (χ3v) is 4.28. The zero-order valence-corrected chi connectivity index (χ0v) is 14.1. The first-order valence-corrected chi connectivity index (χ1v) is 8.30. The fourth-order valence-electron chi connectivity index (χ4n) is 2.86. The van der Waals surface area contributed by atoms with E-state index in [4.69, 9.17) is 4.74 Å². The smallest absolute Gasteiger partial charge is 0.311 e. The summed E-state index contributed by atoms with van der Waals surface area (Å²) in [5.41, 5.74) is 1.26. The summed E-state index contributed by atoms with van der Waals surface area (Å²) in [6.45, 7) is 0.295. The lowest BCUT2D eigenvalue weighted by molar-refractivity contribution is -0.147. The van der Waals surface area contributed by atoms with E-state index < -0.39 is 30.1 Å². The number of hydrogen-bond acceptors (Lipinski definition) is 4. The van der Waals surface area contributed by atoms with E-state index in [2.05, 4.69) is 0 Å². The normalized spacial score (nSPS) is 16.6. The van der Waals surface area contributed by atoms with Crippen molar-refractivity contribution in [3.05, 3.63) is 71.5 Å². The van der Waals surface area contributed by atoms with Gasteiger partial charge in [0.05, 0.1) is 5.92 Å². The summed E-state index contributed by atoms with van der Waals surface area (Å²) in [7, 11) is 0. The molecule has 2 aromatic carbocycles. The van der Waals surface area contributed by atoms with Gasteiger partial charge in [0.25, 0.3) is 0 Å². The van der Waals surface area contributed by atoms with Crippen molar-refractivity contribution in [3.8, 4) is 0 Å². The van der Waals surface area contributed by atoms with E-state index in [0.717, 1.165) is 5.56 Å². The number of carbonyl (C=O) groups is 3. The SMILES string of the molecule is O=C(COC(=O)[C@@H]1CC(=O)N(Cc2ccccc2)C1)c1ccc(F)cc1. The Kier molecular flexibility index (Phi) is 5.41. The van der Waals surface area contributed by atoms with Gasteiger partial charge in [-0.15, -0.1) is 0 Å². The molecule has 1 fully saturated rings. The van der Waals surface area contributed by atoms with Gasteiger partial charge in [0.1, 0.15) is 5.82 Å². The molecule has 0 aliphatic carbocycles. The number of carbonyl (C=O) groups excluding carboxylic acids is 3. The second-order valence-electron chi connectivity index (χ2n) is 6.20. The van der Waals surface area contributed by atoms with E-state index in [9.17, 15) is 18.8 Å². The zero-order valence-electron chi connectivity index (χ0n) is 14.1. The number of ketones is 1. The van der Waals surface area contributed by atoms with Gasteiger partial charge in [-0.1, -0.05) is 30.3 Å². The van der Waals surface area contributed by atoms with Gasteiger partial charge in [0, 0.05) is 25.1 Å². The Morgan fingerprint density at radius 1 is 1.08 bits per heavy atom. The number of likely N-dealkylation sites (tertiary alicyclic amines) is 1. The number of Topliss-reactive ketones (excluding diaryl/α,β-unsaturated/α-hetero) is 1. The molecule has 26 heavy (non-hydrogen) atoms. The minimum absolute atomic E-state index is 0.0798. The number of amides is 1. The number of ether oxygens (including phenoxy) is 1. The summed E-state index contributed by atoms with van der Waals surface area (Å²) in [6, 6.07) is 14.5. The minimum atomic E-state index is -0.577. The fourth-order valence-corrected chi connectivity index (χ4v) is 2.86. The molecule has 3 rings (SSSR count). The first-order chi connectivity index (χ1) is 12.5. The zero-order chi connectivity index (χ0) is 18.5. The van der Waals surface area contributed by atoms with Crippen molar-refractivity contribution in [2.24, 2.45) is 5.92 Å². The Bertz CT molecular complexity index is 804. The molecule has 0 saturated carbocycles. The van der Waals surface area contributed by atoms with Crippen molar-refractivity contribution in [1.29, 1.82) is 0 Å². The summed E-state index contributed by atoms with van der Waals surface area (Å²) in [5, 5.41) is 0. The number of hydrogen-bond donors (Lipinski definition) is 0. The van der Waals surface area contributed by atoms with Gasteiger partial charge in [-0.25, -0.2) is 4.39 Å². The van der Waals surface area contributed by atoms with Crippen LogP contribution in [0.1, 0.15) is 22.3 Å². The lowest BCUT2D eigenvalue weighted by Gasteiger charge is -2.16. The number of halogens is 1. The number of rotatable bonds is 6. The van der Waals surface area contributed by atoms with Gasteiger partial charge < -0.3 is 9.64 Å². The molecule has 0 bridgehead atoms. The lowest BCUT2D eigenvalue weighted by atomic mass is 10.1. The molecule has 1 atom stereocenters. The minimum Gasteiger partial charge on any atom is -0.457 e. The second-order valence-corrected chi connectivity index (χ2v) is 6.20. The van der Waals surface area contributed by atoms with Crippen LogP contribution < -0.4 is 0 Å². The molecule has 1 heterocycles. The van der Waals surface area contributed by atoms with E-state index >= 15 is 0 Å². The highest BCUT2D eigenvalue weighted by Crippen LogP contribution is 2.21. The summed E-state index contributed by atoms with van der Waals surface area (Å²) < 4.78 is 17.9. The van der Waals surface area contributed by atoms with Crippen LogP contribution in [-0.2, 0) is 20.9 Å². The summed E-state index contributed by atoms with van der Waals surface area (Å²) in [5.74, 6) is -2.11. The molecule has 0 aromatic heterocycles. The van der Waals surface area contributed by atoms with Crippen LogP contribution in [0.4, 0.5) is 4.39 Å². The maximum atomic E-state index is 12.9. The number of esters is 1. The first kappa shape index (κ1) is 17.8. The third-order valence-electron chi connectivity index (χ3n) is 4.28. The molecule has 1 aliphatic rings. The van der Waals surface area contributed by atoms with E-state index in [1.54, 1.807) is 4.90 Å². The van der Waals surface area contributed by atoms with Crippen LogP contribution >= 0.6 is 0 Å². The van der Waals surface area contributed by atoms with Crippen molar-refractivity contribution < 1.29 is 23.5 Å². The molecule has 1 amide bonds. The second kappa shape index (κ2) is 7.91. The highest BCUT2D eigenvalue weighted by molar-refractivity contribution is 5.98. The molecule has 5 nitrogen and oxygen atoms in total. The summed E-state index contributed by atoms with van der Waals surface area (Å²) in [6.07, 6.45) is 0.0798. The number of nitrogens with zero attached hydrogens (tertiary/aromatic N) is 1. The first-order valence-electron chi connectivity index (χ1n) is 8.30. The molecule has 0 spiro atoms. The Morgan fingerprint density at radius 3 is 2.46 bits per heavy atom. The fraction of sp³-hybridized carbons (Fsp3) is 0.250. The van der Waals surface area contributed by atoms with E-state index in [-0.39, 0.29) is 24.4 Å². The monoisotopic (exact) mass is 355 g/mol. The predicted molar refractivity (Wildman–Crippen MR) is 91.7 cm³/mol. The van der Waals surface area contributed by atoms with Crippen molar-refractivity contribution in [3.63, 3.8) is 0 Å². The van der Waals surface area contributed by atoms with Gasteiger partial charge in [0.15, 0.2) is 12.4 Å². The van der Waals surface area contributed by atoms with Crippen LogP contribution in [0.25, 0.3) is 0 Å². The van der Waals surface area contributed by atoms with Crippen molar-refractivity contribution >= 4 is 17.7 Å².